The molecular formula is C24H26FNO4. The van der Waals surface area contributed by atoms with Crippen LogP contribution >= 0.6 is 0 Å². The zero-order chi connectivity index (χ0) is 21.5. The molecule has 0 aliphatic heterocycles. The van der Waals surface area contributed by atoms with Crippen molar-refractivity contribution in [1.29, 1.82) is 0 Å². The van der Waals surface area contributed by atoms with E-state index in [9.17, 15) is 18.8 Å². The van der Waals surface area contributed by atoms with Crippen molar-refractivity contribution in [2.24, 2.45) is 0 Å². The van der Waals surface area contributed by atoms with Gasteiger partial charge in [-0.1, -0.05) is 18.2 Å². The molecule has 2 aromatic rings. The van der Waals surface area contributed by atoms with Gasteiger partial charge in [0.05, 0.1) is 12.5 Å². The Kier molecular flexibility index (Phi) is 7.33. The highest BCUT2D eigenvalue weighted by Crippen LogP contribution is 2.24. The first kappa shape index (κ1) is 21.7. The summed E-state index contributed by atoms with van der Waals surface area (Å²) in [6.45, 7) is 1.50. The highest BCUT2D eigenvalue weighted by atomic mass is 19.1. The van der Waals surface area contributed by atoms with Crippen LogP contribution in [0.1, 0.15) is 65.7 Å². The first-order chi connectivity index (χ1) is 14.4. The van der Waals surface area contributed by atoms with Crippen LogP contribution in [0.25, 0.3) is 0 Å². The number of fused-ring (bicyclic) bond motifs is 1. The summed E-state index contributed by atoms with van der Waals surface area (Å²) in [5.41, 5.74) is 4.09. The van der Waals surface area contributed by atoms with Crippen LogP contribution in [-0.2, 0) is 27.2 Å². The molecule has 0 aromatic heterocycles. The molecule has 0 unspecified atom stereocenters. The Bertz CT molecular complexity index is 923. The van der Waals surface area contributed by atoms with Gasteiger partial charge in [-0.15, -0.1) is 0 Å². The van der Waals surface area contributed by atoms with Crippen LogP contribution in [0.15, 0.2) is 42.5 Å². The standard InChI is InChI=1S/C24H26FNO4/c1-16(19-7-6-17-4-2-3-5-20(17)14-19)26-23(28)15-30-24(29)13-12-22(27)18-8-10-21(25)11-9-18/h6-11,14,16H,2-5,12-13,15H2,1H3,(H,26,28)/t16-/m1/s1. The van der Waals surface area contributed by atoms with E-state index in [0.29, 0.717) is 5.56 Å². The van der Waals surface area contributed by atoms with Crippen molar-refractivity contribution < 1.29 is 23.5 Å². The summed E-state index contributed by atoms with van der Waals surface area (Å²) in [5.74, 6) is -1.72. The summed E-state index contributed by atoms with van der Waals surface area (Å²) in [4.78, 5) is 36.0. The van der Waals surface area contributed by atoms with Gasteiger partial charge in [0, 0.05) is 12.0 Å². The highest BCUT2D eigenvalue weighted by Gasteiger charge is 2.16. The van der Waals surface area contributed by atoms with Crippen molar-refractivity contribution in [2.45, 2.75) is 51.5 Å². The number of halogens is 1. The maximum Gasteiger partial charge on any atom is 0.306 e. The first-order valence-corrected chi connectivity index (χ1v) is 10.3. The van der Waals surface area contributed by atoms with Crippen LogP contribution in [0.3, 0.4) is 0 Å². The number of hydrogen-bond acceptors (Lipinski definition) is 4. The third-order valence-corrected chi connectivity index (χ3v) is 5.34. The molecule has 0 saturated heterocycles. The Balaban J connectivity index is 1.41. The maximum atomic E-state index is 12.9. The second-order valence-corrected chi connectivity index (χ2v) is 7.62. The van der Waals surface area contributed by atoms with Gasteiger partial charge >= 0.3 is 5.97 Å². The zero-order valence-corrected chi connectivity index (χ0v) is 17.1. The number of ether oxygens (including phenoxy) is 1. The lowest BCUT2D eigenvalue weighted by Crippen LogP contribution is -2.31. The number of benzene rings is 2. The monoisotopic (exact) mass is 411 g/mol. The molecule has 30 heavy (non-hydrogen) atoms. The molecule has 0 radical (unpaired) electrons. The molecule has 1 aliphatic carbocycles. The molecule has 0 spiro atoms. The fourth-order valence-electron chi connectivity index (χ4n) is 3.60. The number of Topliss-reactive ketones (excluding diaryl/α,β-unsaturated/α-hetero) is 1. The van der Waals surface area contributed by atoms with E-state index < -0.39 is 24.3 Å². The molecule has 158 valence electrons. The zero-order valence-electron chi connectivity index (χ0n) is 17.1. The minimum absolute atomic E-state index is 0.0579. The molecule has 6 heteroatoms. The molecule has 2 aromatic carbocycles. The quantitative estimate of drug-likeness (QED) is 0.525. The summed E-state index contributed by atoms with van der Waals surface area (Å²) in [7, 11) is 0. The van der Waals surface area contributed by atoms with E-state index in [-0.39, 0.29) is 24.7 Å². The van der Waals surface area contributed by atoms with Crippen molar-refractivity contribution in [1.82, 2.24) is 5.32 Å². The first-order valence-electron chi connectivity index (χ1n) is 10.3. The van der Waals surface area contributed by atoms with Crippen LogP contribution in [0.4, 0.5) is 4.39 Å². The van der Waals surface area contributed by atoms with Crippen LogP contribution in [0.5, 0.6) is 0 Å². The van der Waals surface area contributed by atoms with Crippen molar-refractivity contribution in [3.05, 3.63) is 70.5 Å². The number of rotatable bonds is 8. The molecular weight excluding hydrogens is 385 g/mol. The molecule has 0 fully saturated rings. The van der Waals surface area contributed by atoms with Crippen LogP contribution in [0, 0.1) is 5.82 Å². The predicted octanol–water partition coefficient (Wildman–Crippen LogP) is 4.09. The Morgan fingerprint density at radius 1 is 1.00 bits per heavy atom. The van der Waals surface area contributed by atoms with Gasteiger partial charge in [-0.25, -0.2) is 4.39 Å². The average Bonchev–Trinajstić information content (AvgIpc) is 2.76. The lowest BCUT2D eigenvalue weighted by molar-refractivity contribution is -0.148. The van der Waals surface area contributed by atoms with Crippen molar-refractivity contribution in [3.8, 4) is 0 Å². The van der Waals surface area contributed by atoms with Gasteiger partial charge in [0.25, 0.3) is 5.91 Å². The molecule has 1 N–H and O–H groups in total. The van der Waals surface area contributed by atoms with Crippen molar-refractivity contribution >= 4 is 17.7 Å². The van der Waals surface area contributed by atoms with Crippen molar-refractivity contribution in [2.75, 3.05) is 6.61 Å². The van der Waals surface area contributed by atoms with Gasteiger partial charge < -0.3 is 10.1 Å². The van der Waals surface area contributed by atoms with E-state index >= 15 is 0 Å². The summed E-state index contributed by atoms with van der Waals surface area (Å²) < 4.78 is 17.9. The van der Waals surface area contributed by atoms with E-state index in [2.05, 4.69) is 17.4 Å². The van der Waals surface area contributed by atoms with E-state index in [0.717, 1.165) is 18.4 Å². The van der Waals surface area contributed by atoms with Gasteiger partial charge in [0.1, 0.15) is 5.82 Å². The number of nitrogens with one attached hydrogen (secondary N) is 1. The van der Waals surface area contributed by atoms with Gasteiger partial charge in [-0.05, 0) is 73.6 Å². The molecule has 3 rings (SSSR count). The molecule has 0 heterocycles. The molecule has 0 bridgehead atoms. The van der Waals surface area contributed by atoms with E-state index in [4.69, 9.17) is 4.74 Å². The van der Waals surface area contributed by atoms with Gasteiger partial charge in [0.2, 0.25) is 0 Å². The SMILES string of the molecule is C[C@@H](NC(=O)COC(=O)CCC(=O)c1ccc(F)cc1)c1ccc2c(c1)CCCC2. The minimum Gasteiger partial charge on any atom is -0.456 e. The maximum absolute atomic E-state index is 12.9. The third kappa shape index (κ3) is 5.99. The molecule has 1 amide bonds. The smallest absolute Gasteiger partial charge is 0.306 e. The molecule has 1 aliphatic rings. The second-order valence-electron chi connectivity index (χ2n) is 7.62. The summed E-state index contributed by atoms with van der Waals surface area (Å²) in [6, 6.07) is 11.2. The van der Waals surface area contributed by atoms with E-state index in [1.807, 2.05) is 13.0 Å². The van der Waals surface area contributed by atoms with Gasteiger partial charge in [0.15, 0.2) is 12.4 Å². The number of esters is 1. The minimum atomic E-state index is -0.623. The lowest BCUT2D eigenvalue weighted by atomic mass is 9.89. The number of amides is 1. The second kappa shape index (κ2) is 10.1. The number of carbonyl (C=O) groups excluding carboxylic acids is 3. The fourth-order valence-corrected chi connectivity index (χ4v) is 3.60. The largest absolute Gasteiger partial charge is 0.456 e. The Hall–Kier alpha value is -3.02. The van der Waals surface area contributed by atoms with Gasteiger partial charge in [-0.2, -0.15) is 0 Å². The van der Waals surface area contributed by atoms with Gasteiger partial charge in [-0.3, -0.25) is 14.4 Å². The van der Waals surface area contributed by atoms with Crippen LogP contribution < -0.4 is 5.32 Å². The number of aryl methyl sites for hydroxylation is 2. The van der Waals surface area contributed by atoms with Crippen LogP contribution in [0.2, 0.25) is 0 Å². The average molecular weight is 411 g/mol. The number of hydrogen-bond donors (Lipinski definition) is 1. The van der Waals surface area contributed by atoms with E-state index in [1.165, 1.54) is 48.2 Å². The Labute approximate surface area is 175 Å². The third-order valence-electron chi connectivity index (χ3n) is 5.34. The normalized spacial score (nSPS) is 13.8. The number of ketones is 1. The molecule has 0 saturated carbocycles. The fraction of sp³-hybridized carbons (Fsp3) is 0.375. The number of carbonyl (C=O) groups is 3. The molecule has 5 nitrogen and oxygen atoms in total. The Morgan fingerprint density at radius 3 is 2.43 bits per heavy atom. The lowest BCUT2D eigenvalue weighted by Gasteiger charge is -2.20. The molecule has 1 atom stereocenters. The summed E-state index contributed by atoms with van der Waals surface area (Å²) >= 11 is 0. The van der Waals surface area contributed by atoms with Crippen LogP contribution in [-0.4, -0.2) is 24.3 Å². The summed E-state index contributed by atoms with van der Waals surface area (Å²) in [5, 5.41) is 2.84. The van der Waals surface area contributed by atoms with E-state index in [1.54, 1.807) is 0 Å². The highest BCUT2D eigenvalue weighted by molar-refractivity contribution is 5.97. The van der Waals surface area contributed by atoms with Crippen molar-refractivity contribution in [3.63, 3.8) is 0 Å². The Morgan fingerprint density at radius 2 is 1.70 bits per heavy atom. The topological polar surface area (TPSA) is 72.5 Å². The summed E-state index contributed by atoms with van der Waals surface area (Å²) in [6.07, 6.45) is 4.39. The predicted molar refractivity (Wildman–Crippen MR) is 111 cm³/mol.